The first-order valence-electron chi connectivity index (χ1n) is 9.24. The molecule has 27 heavy (non-hydrogen) atoms. The van der Waals surface area contributed by atoms with Crippen LogP contribution in [0, 0.1) is 5.82 Å². The Morgan fingerprint density at radius 3 is 2.74 bits per heavy atom. The quantitative estimate of drug-likeness (QED) is 0.336. The molecule has 1 fully saturated rings. The van der Waals surface area contributed by atoms with Crippen molar-refractivity contribution in [2.45, 2.75) is 18.7 Å². The second kappa shape index (κ2) is 13.6. The molecule has 0 saturated carbocycles. The smallest absolute Gasteiger partial charge is 0.191 e. The van der Waals surface area contributed by atoms with Crippen LogP contribution in [0.15, 0.2) is 23.2 Å². The van der Waals surface area contributed by atoms with Gasteiger partial charge in [0.15, 0.2) is 5.96 Å². The average Bonchev–Trinajstić information content (AvgIpc) is 2.84. The van der Waals surface area contributed by atoms with Gasteiger partial charge in [-0.1, -0.05) is 6.07 Å². The molecule has 1 aromatic carbocycles. The molecule has 0 atom stereocenters. The van der Waals surface area contributed by atoms with Crippen LogP contribution in [0.4, 0.5) is 4.39 Å². The Hall–Kier alpha value is -0.580. The molecule has 0 radical (unpaired) electrons. The van der Waals surface area contributed by atoms with Gasteiger partial charge in [0.05, 0.1) is 0 Å². The molecular weight excluding hydrogens is 476 g/mol. The third-order valence-corrected chi connectivity index (χ3v) is 5.27. The van der Waals surface area contributed by atoms with Gasteiger partial charge in [-0.05, 0) is 56.1 Å². The van der Waals surface area contributed by atoms with E-state index in [0.29, 0.717) is 6.54 Å². The van der Waals surface area contributed by atoms with E-state index in [0.717, 1.165) is 55.6 Å². The molecule has 0 bridgehead atoms. The van der Waals surface area contributed by atoms with Gasteiger partial charge in [-0.25, -0.2) is 4.39 Å². The Labute approximate surface area is 184 Å². The van der Waals surface area contributed by atoms with Crippen molar-refractivity contribution in [3.05, 3.63) is 35.1 Å². The van der Waals surface area contributed by atoms with Crippen molar-refractivity contribution in [3.8, 4) is 0 Å². The molecule has 1 aliphatic rings. The number of hydrogen-bond acceptors (Lipinski definition) is 4. The second-order valence-corrected chi connectivity index (χ2v) is 7.56. The van der Waals surface area contributed by atoms with Gasteiger partial charge in [-0.2, -0.15) is 11.8 Å². The van der Waals surface area contributed by atoms with E-state index < -0.39 is 0 Å². The minimum absolute atomic E-state index is 0. The van der Waals surface area contributed by atoms with Gasteiger partial charge < -0.3 is 20.4 Å². The fourth-order valence-corrected chi connectivity index (χ4v) is 3.69. The number of nitrogens with one attached hydrogen (secondary N) is 2. The van der Waals surface area contributed by atoms with Crippen LogP contribution in [0.2, 0.25) is 0 Å². The molecule has 0 aliphatic carbocycles. The van der Waals surface area contributed by atoms with Crippen LogP contribution in [-0.4, -0.2) is 75.4 Å². The molecule has 0 aromatic heterocycles. The first-order chi connectivity index (χ1) is 12.6. The SMILES string of the molecule is CN=C(NCCN1CCCN(C)CC1)NCc1ccc(F)cc1CSC.I. The van der Waals surface area contributed by atoms with Crippen molar-refractivity contribution >= 4 is 41.7 Å². The summed E-state index contributed by atoms with van der Waals surface area (Å²) in [5.74, 6) is 1.42. The number of guanidine groups is 1. The van der Waals surface area contributed by atoms with Crippen LogP contribution in [0.1, 0.15) is 17.5 Å². The molecule has 0 spiro atoms. The van der Waals surface area contributed by atoms with E-state index in [2.05, 4.69) is 32.5 Å². The summed E-state index contributed by atoms with van der Waals surface area (Å²) < 4.78 is 13.5. The zero-order chi connectivity index (χ0) is 18.8. The van der Waals surface area contributed by atoms with Crippen molar-refractivity contribution in [1.82, 2.24) is 20.4 Å². The summed E-state index contributed by atoms with van der Waals surface area (Å²) in [6, 6.07) is 5.00. The highest BCUT2D eigenvalue weighted by atomic mass is 127. The van der Waals surface area contributed by atoms with Gasteiger partial charge in [-0.3, -0.25) is 4.99 Å². The van der Waals surface area contributed by atoms with Gasteiger partial charge in [-0.15, -0.1) is 24.0 Å². The minimum atomic E-state index is -0.177. The second-order valence-electron chi connectivity index (χ2n) is 6.70. The monoisotopic (exact) mass is 509 g/mol. The average molecular weight is 509 g/mol. The summed E-state index contributed by atoms with van der Waals surface area (Å²) in [6.07, 6.45) is 3.26. The van der Waals surface area contributed by atoms with Crippen molar-refractivity contribution in [2.75, 3.05) is 59.6 Å². The Bertz CT molecular complexity index is 587. The number of aliphatic imine (C=N–C) groups is 1. The predicted octanol–water partition coefficient (Wildman–Crippen LogP) is 2.61. The topological polar surface area (TPSA) is 42.9 Å². The van der Waals surface area contributed by atoms with E-state index in [1.165, 1.54) is 19.0 Å². The maximum atomic E-state index is 13.5. The highest BCUT2D eigenvalue weighted by Crippen LogP contribution is 2.16. The Morgan fingerprint density at radius 1 is 1.19 bits per heavy atom. The number of hydrogen-bond donors (Lipinski definition) is 2. The minimum Gasteiger partial charge on any atom is -0.355 e. The van der Waals surface area contributed by atoms with Crippen LogP contribution in [0.25, 0.3) is 0 Å². The predicted molar refractivity (Wildman–Crippen MR) is 126 cm³/mol. The van der Waals surface area contributed by atoms with Crippen LogP contribution >= 0.6 is 35.7 Å². The zero-order valence-corrected chi connectivity index (χ0v) is 19.8. The molecule has 2 N–H and O–H groups in total. The standard InChI is InChI=1S/C19H32FN5S.HI/c1-21-19(22-7-10-25-9-4-8-24(2)11-12-25)23-14-16-5-6-18(20)13-17(16)15-26-3;/h5-6,13H,4,7-12,14-15H2,1-3H3,(H2,21,22,23);1H. The highest BCUT2D eigenvalue weighted by molar-refractivity contribution is 14.0. The van der Waals surface area contributed by atoms with Crippen LogP contribution in [0.5, 0.6) is 0 Å². The largest absolute Gasteiger partial charge is 0.355 e. The third kappa shape index (κ3) is 8.97. The fraction of sp³-hybridized carbons (Fsp3) is 0.632. The molecule has 1 saturated heterocycles. The molecule has 1 aromatic rings. The summed E-state index contributed by atoms with van der Waals surface area (Å²) in [6.45, 7) is 7.13. The number of thioether (sulfide) groups is 1. The summed E-state index contributed by atoms with van der Waals surface area (Å²) in [5.41, 5.74) is 2.15. The number of halogens is 2. The summed E-state index contributed by atoms with van der Waals surface area (Å²) in [5, 5.41) is 6.73. The lowest BCUT2D eigenvalue weighted by Gasteiger charge is -2.21. The molecule has 0 unspecified atom stereocenters. The van der Waals surface area contributed by atoms with E-state index in [9.17, 15) is 4.39 Å². The Kier molecular flexibility index (Phi) is 12.3. The van der Waals surface area contributed by atoms with Crippen LogP contribution in [-0.2, 0) is 12.3 Å². The Balaban J connectivity index is 0.00000364. The first kappa shape index (κ1) is 24.5. The summed E-state index contributed by atoms with van der Waals surface area (Å²) in [4.78, 5) is 9.19. The molecule has 1 aliphatic heterocycles. The molecule has 5 nitrogen and oxygen atoms in total. The molecular formula is C19H33FIN5S. The zero-order valence-electron chi connectivity index (χ0n) is 16.6. The molecule has 8 heteroatoms. The maximum absolute atomic E-state index is 13.5. The summed E-state index contributed by atoms with van der Waals surface area (Å²) >= 11 is 1.70. The van der Waals surface area contributed by atoms with E-state index in [-0.39, 0.29) is 29.8 Å². The van der Waals surface area contributed by atoms with E-state index >= 15 is 0 Å². The number of likely N-dealkylation sites (N-methyl/N-ethyl adjacent to an activating group) is 1. The van der Waals surface area contributed by atoms with E-state index in [1.54, 1.807) is 24.9 Å². The van der Waals surface area contributed by atoms with E-state index in [4.69, 9.17) is 0 Å². The van der Waals surface area contributed by atoms with Crippen molar-refractivity contribution in [3.63, 3.8) is 0 Å². The highest BCUT2D eigenvalue weighted by Gasteiger charge is 2.11. The van der Waals surface area contributed by atoms with Gasteiger partial charge in [0.25, 0.3) is 0 Å². The lowest BCUT2D eigenvalue weighted by atomic mass is 10.1. The van der Waals surface area contributed by atoms with Gasteiger partial charge >= 0.3 is 0 Å². The Morgan fingerprint density at radius 2 is 2.00 bits per heavy atom. The van der Waals surface area contributed by atoms with Gasteiger partial charge in [0.1, 0.15) is 5.82 Å². The van der Waals surface area contributed by atoms with Gasteiger partial charge in [0, 0.05) is 45.5 Å². The molecule has 0 amide bonds. The van der Waals surface area contributed by atoms with Crippen LogP contribution in [0.3, 0.4) is 0 Å². The van der Waals surface area contributed by atoms with Crippen molar-refractivity contribution in [1.29, 1.82) is 0 Å². The van der Waals surface area contributed by atoms with Crippen LogP contribution < -0.4 is 10.6 Å². The number of nitrogens with zero attached hydrogens (tertiary/aromatic N) is 3. The maximum Gasteiger partial charge on any atom is 0.191 e. The lowest BCUT2D eigenvalue weighted by molar-refractivity contribution is 0.280. The first-order valence-corrected chi connectivity index (χ1v) is 10.6. The van der Waals surface area contributed by atoms with E-state index in [1.807, 2.05) is 12.3 Å². The normalized spacial score (nSPS) is 16.5. The van der Waals surface area contributed by atoms with Gasteiger partial charge in [0.2, 0.25) is 0 Å². The fourth-order valence-electron chi connectivity index (χ4n) is 3.11. The van der Waals surface area contributed by atoms with Crippen molar-refractivity contribution in [2.24, 2.45) is 4.99 Å². The summed E-state index contributed by atoms with van der Waals surface area (Å²) in [7, 11) is 3.97. The molecule has 2 rings (SSSR count). The number of benzene rings is 1. The molecule has 1 heterocycles. The lowest BCUT2D eigenvalue weighted by Crippen LogP contribution is -2.42. The molecule has 154 valence electrons. The number of rotatable bonds is 7. The third-order valence-electron chi connectivity index (χ3n) is 4.67. The van der Waals surface area contributed by atoms with Crippen molar-refractivity contribution < 1.29 is 4.39 Å².